The van der Waals surface area contributed by atoms with Gasteiger partial charge < -0.3 is 24.8 Å². The normalized spacial score (nSPS) is 11.5. The number of para-hydroxylation sites is 1. The molecule has 0 aliphatic rings. The van der Waals surface area contributed by atoms with Crippen molar-refractivity contribution in [2.75, 3.05) is 44.8 Å². The van der Waals surface area contributed by atoms with E-state index < -0.39 is 0 Å². The van der Waals surface area contributed by atoms with E-state index in [1.54, 1.807) is 0 Å². The minimum absolute atomic E-state index is 0.488. The van der Waals surface area contributed by atoms with Crippen molar-refractivity contribution in [1.29, 1.82) is 0 Å². The maximum atomic E-state index is 5.40. The molecule has 0 aliphatic carbocycles. The summed E-state index contributed by atoms with van der Waals surface area (Å²) in [6.07, 6.45) is 1.95. The molecule has 0 saturated carbocycles. The van der Waals surface area contributed by atoms with Crippen molar-refractivity contribution in [2.24, 2.45) is 12.0 Å². The smallest absolute Gasteiger partial charge is 0.191 e. The monoisotopic (exact) mass is 401 g/mol. The van der Waals surface area contributed by atoms with Gasteiger partial charge in [-0.15, -0.1) is 10.2 Å². The maximum Gasteiger partial charge on any atom is 0.191 e. The second-order valence-corrected chi connectivity index (χ2v) is 6.90. The van der Waals surface area contributed by atoms with Gasteiger partial charge in [0.25, 0.3) is 0 Å². The first kappa shape index (κ1) is 22.7. The minimum atomic E-state index is 0.488. The van der Waals surface area contributed by atoms with E-state index >= 15 is 0 Å². The van der Waals surface area contributed by atoms with Crippen molar-refractivity contribution < 1.29 is 4.74 Å². The zero-order valence-corrected chi connectivity index (χ0v) is 18.2. The zero-order chi connectivity index (χ0) is 20.9. The summed E-state index contributed by atoms with van der Waals surface area (Å²) in [5.41, 5.74) is 1.23. The number of hydrogen-bond donors (Lipinski definition) is 2. The first-order chi connectivity index (χ1) is 14.1. The fourth-order valence-corrected chi connectivity index (χ4v) is 2.77. The Balaban J connectivity index is 1.81. The summed E-state index contributed by atoms with van der Waals surface area (Å²) in [6.45, 7) is 8.56. The Morgan fingerprint density at radius 2 is 1.86 bits per heavy atom. The molecular weight excluding hydrogens is 366 g/mol. The highest BCUT2D eigenvalue weighted by Gasteiger charge is 2.05. The molecule has 8 heteroatoms. The Hall–Kier alpha value is -2.61. The summed E-state index contributed by atoms with van der Waals surface area (Å²) in [4.78, 5) is 6.94. The van der Waals surface area contributed by atoms with Crippen LogP contribution in [0.25, 0.3) is 0 Å². The van der Waals surface area contributed by atoms with Gasteiger partial charge in [-0.25, -0.2) is 4.99 Å². The number of aromatic nitrogens is 3. The van der Waals surface area contributed by atoms with E-state index in [1.165, 1.54) is 5.69 Å². The van der Waals surface area contributed by atoms with Gasteiger partial charge in [-0.05, 0) is 38.8 Å². The molecule has 0 spiro atoms. The second-order valence-electron chi connectivity index (χ2n) is 6.90. The van der Waals surface area contributed by atoms with E-state index in [2.05, 4.69) is 62.0 Å². The van der Waals surface area contributed by atoms with Crippen LogP contribution in [0.5, 0.6) is 0 Å². The molecule has 0 fully saturated rings. The van der Waals surface area contributed by atoms with Crippen LogP contribution in [0.2, 0.25) is 0 Å². The summed E-state index contributed by atoms with van der Waals surface area (Å²) in [6, 6.07) is 10.4. The number of hydrogen-bond acceptors (Lipinski definition) is 5. The highest BCUT2D eigenvalue weighted by molar-refractivity contribution is 5.79. The van der Waals surface area contributed by atoms with Crippen LogP contribution in [0.1, 0.15) is 31.4 Å². The molecule has 0 saturated heterocycles. The molecule has 0 atom stereocenters. The number of anilines is 1. The molecule has 0 bridgehead atoms. The topological polar surface area (TPSA) is 79.6 Å². The van der Waals surface area contributed by atoms with E-state index in [0.717, 1.165) is 63.3 Å². The molecule has 2 rings (SSSR count). The van der Waals surface area contributed by atoms with E-state index in [4.69, 9.17) is 4.74 Å². The van der Waals surface area contributed by atoms with Gasteiger partial charge in [0.1, 0.15) is 12.4 Å². The molecule has 0 amide bonds. The summed E-state index contributed by atoms with van der Waals surface area (Å²) < 4.78 is 7.37. The standard InChI is InChI=1S/C21H35N7O/c1-5-29-16-10-14-23-21(24-17-20-26-25-18(2)28(20)4)22-13-9-15-27(3)19-11-7-6-8-12-19/h6-8,11-12H,5,9-10,13-17H2,1-4H3,(H2,22,23,24). The molecule has 8 nitrogen and oxygen atoms in total. The molecule has 2 N–H and O–H groups in total. The Kier molecular flexibility index (Phi) is 9.99. The third-order valence-electron chi connectivity index (χ3n) is 4.68. The fourth-order valence-electron chi connectivity index (χ4n) is 2.77. The number of ether oxygens (including phenoxy) is 1. The van der Waals surface area contributed by atoms with E-state index in [1.807, 2.05) is 31.5 Å². The highest BCUT2D eigenvalue weighted by atomic mass is 16.5. The molecular formula is C21H35N7O. The Labute approximate surface area is 174 Å². The number of aryl methyl sites for hydroxylation is 1. The van der Waals surface area contributed by atoms with Gasteiger partial charge in [0, 0.05) is 52.6 Å². The van der Waals surface area contributed by atoms with E-state index in [-0.39, 0.29) is 0 Å². The average Bonchev–Trinajstić information content (AvgIpc) is 3.06. The lowest BCUT2D eigenvalue weighted by molar-refractivity contribution is 0.145. The van der Waals surface area contributed by atoms with Crippen LogP contribution in [-0.2, 0) is 18.3 Å². The van der Waals surface area contributed by atoms with Crippen LogP contribution in [0.3, 0.4) is 0 Å². The van der Waals surface area contributed by atoms with Crippen molar-refractivity contribution in [2.45, 2.75) is 33.2 Å². The maximum absolute atomic E-state index is 5.40. The second kappa shape index (κ2) is 12.8. The molecule has 0 unspecified atom stereocenters. The number of benzene rings is 1. The third-order valence-corrected chi connectivity index (χ3v) is 4.68. The first-order valence-electron chi connectivity index (χ1n) is 10.3. The van der Waals surface area contributed by atoms with Gasteiger partial charge in [0.2, 0.25) is 0 Å². The molecule has 160 valence electrons. The number of nitrogens with zero attached hydrogens (tertiary/aromatic N) is 5. The zero-order valence-electron chi connectivity index (χ0n) is 18.2. The Morgan fingerprint density at radius 1 is 1.14 bits per heavy atom. The Bertz CT molecular complexity index is 730. The van der Waals surface area contributed by atoms with Crippen LogP contribution in [-0.4, -0.2) is 60.6 Å². The van der Waals surface area contributed by atoms with E-state index in [0.29, 0.717) is 6.54 Å². The predicted octanol–water partition coefficient (Wildman–Crippen LogP) is 2.11. The van der Waals surface area contributed by atoms with Crippen molar-refractivity contribution in [3.63, 3.8) is 0 Å². The molecule has 0 aliphatic heterocycles. The number of nitrogens with one attached hydrogen (secondary N) is 2. The number of rotatable bonds is 12. The largest absolute Gasteiger partial charge is 0.382 e. The Morgan fingerprint density at radius 3 is 2.52 bits per heavy atom. The van der Waals surface area contributed by atoms with Gasteiger partial charge in [-0.2, -0.15) is 0 Å². The third kappa shape index (κ3) is 8.11. The average molecular weight is 402 g/mol. The van der Waals surface area contributed by atoms with Crippen LogP contribution in [0, 0.1) is 6.92 Å². The summed E-state index contributed by atoms with van der Waals surface area (Å²) in [7, 11) is 4.08. The lowest BCUT2D eigenvalue weighted by Gasteiger charge is -2.19. The highest BCUT2D eigenvalue weighted by Crippen LogP contribution is 2.10. The van der Waals surface area contributed by atoms with Crippen LogP contribution in [0.15, 0.2) is 35.3 Å². The summed E-state index contributed by atoms with van der Waals surface area (Å²) >= 11 is 0. The fraction of sp³-hybridized carbons (Fsp3) is 0.571. The van der Waals surface area contributed by atoms with Gasteiger partial charge in [0.15, 0.2) is 11.8 Å². The van der Waals surface area contributed by atoms with Gasteiger partial charge in [-0.3, -0.25) is 0 Å². The van der Waals surface area contributed by atoms with E-state index in [9.17, 15) is 0 Å². The minimum Gasteiger partial charge on any atom is -0.382 e. The first-order valence-corrected chi connectivity index (χ1v) is 10.3. The van der Waals surface area contributed by atoms with Gasteiger partial charge in [-0.1, -0.05) is 18.2 Å². The molecule has 1 aromatic carbocycles. The quantitative estimate of drug-likeness (QED) is 0.322. The number of aliphatic imine (C=N–C) groups is 1. The SMILES string of the molecule is CCOCCCNC(=NCc1nnc(C)n1C)NCCCN(C)c1ccccc1. The molecule has 0 radical (unpaired) electrons. The van der Waals surface area contributed by atoms with Gasteiger partial charge >= 0.3 is 0 Å². The molecule has 1 heterocycles. The van der Waals surface area contributed by atoms with Crippen molar-refractivity contribution in [3.05, 3.63) is 42.0 Å². The molecule has 29 heavy (non-hydrogen) atoms. The van der Waals surface area contributed by atoms with Crippen LogP contribution in [0.4, 0.5) is 5.69 Å². The predicted molar refractivity (Wildman–Crippen MR) is 118 cm³/mol. The molecule has 1 aromatic heterocycles. The summed E-state index contributed by atoms with van der Waals surface area (Å²) in [5.74, 6) is 2.53. The van der Waals surface area contributed by atoms with Gasteiger partial charge in [0.05, 0.1) is 0 Å². The van der Waals surface area contributed by atoms with Crippen LogP contribution < -0.4 is 15.5 Å². The lowest BCUT2D eigenvalue weighted by Crippen LogP contribution is -2.39. The van der Waals surface area contributed by atoms with Crippen molar-refractivity contribution in [1.82, 2.24) is 25.4 Å². The van der Waals surface area contributed by atoms with Crippen molar-refractivity contribution in [3.8, 4) is 0 Å². The van der Waals surface area contributed by atoms with Crippen molar-refractivity contribution >= 4 is 11.6 Å². The van der Waals surface area contributed by atoms with Crippen LogP contribution >= 0.6 is 0 Å². The summed E-state index contributed by atoms with van der Waals surface area (Å²) in [5, 5.41) is 15.1. The number of guanidine groups is 1. The lowest BCUT2D eigenvalue weighted by atomic mass is 10.3. The molecule has 2 aromatic rings.